The Morgan fingerprint density at radius 3 is 2.37 bits per heavy atom. The van der Waals surface area contributed by atoms with Gasteiger partial charge in [0.25, 0.3) is 0 Å². The highest BCUT2D eigenvalue weighted by molar-refractivity contribution is 5.70. The van der Waals surface area contributed by atoms with Crippen LogP contribution in [0.25, 0.3) is 11.1 Å². The van der Waals surface area contributed by atoms with Gasteiger partial charge in [0.05, 0.1) is 19.8 Å². The third-order valence-electron chi connectivity index (χ3n) is 3.45. The summed E-state index contributed by atoms with van der Waals surface area (Å²) in [4.78, 5) is 0. The van der Waals surface area contributed by atoms with Crippen molar-refractivity contribution in [1.82, 2.24) is 0 Å². The maximum absolute atomic E-state index is 6.02. The van der Waals surface area contributed by atoms with Crippen LogP contribution < -0.4 is 4.74 Å². The predicted molar refractivity (Wildman–Crippen MR) is 76.3 cm³/mol. The molecule has 0 saturated carbocycles. The summed E-state index contributed by atoms with van der Waals surface area (Å²) in [5, 5.41) is 0. The molecule has 0 unspecified atom stereocenters. The zero-order valence-corrected chi connectivity index (χ0v) is 11.1. The summed E-state index contributed by atoms with van der Waals surface area (Å²) in [5.41, 5.74) is 2.50. The van der Waals surface area contributed by atoms with Crippen LogP contribution in [-0.2, 0) is 4.74 Å². The molecule has 0 spiro atoms. The first kappa shape index (κ1) is 12.2. The minimum Gasteiger partial charge on any atom is -0.492 e. The number of para-hydroxylation sites is 1. The van der Waals surface area contributed by atoms with Crippen LogP contribution in [0.5, 0.6) is 5.75 Å². The highest BCUT2D eigenvalue weighted by Gasteiger charge is 2.34. The molecule has 1 saturated heterocycles. The number of hydrogen-bond acceptors (Lipinski definition) is 2. The first-order valence-corrected chi connectivity index (χ1v) is 6.62. The minimum absolute atomic E-state index is 0.170. The van der Waals surface area contributed by atoms with E-state index in [-0.39, 0.29) is 5.41 Å². The molecule has 0 atom stereocenters. The summed E-state index contributed by atoms with van der Waals surface area (Å²) in [5.74, 6) is 0.946. The SMILES string of the molecule is CC1(COc2ccccc2-c2ccccc2)COC1. The zero-order valence-electron chi connectivity index (χ0n) is 11.1. The van der Waals surface area contributed by atoms with E-state index in [0.717, 1.165) is 24.5 Å². The van der Waals surface area contributed by atoms with Gasteiger partial charge < -0.3 is 9.47 Å². The van der Waals surface area contributed by atoms with E-state index in [1.807, 2.05) is 36.4 Å². The van der Waals surface area contributed by atoms with Gasteiger partial charge in [0.2, 0.25) is 0 Å². The van der Waals surface area contributed by atoms with Crippen molar-refractivity contribution in [2.45, 2.75) is 6.92 Å². The lowest BCUT2D eigenvalue weighted by Gasteiger charge is -2.37. The normalized spacial score (nSPS) is 16.7. The van der Waals surface area contributed by atoms with Crippen LogP contribution in [0.4, 0.5) is 0 Å². The molecule has 0 aromatic heterocycles. The smallest absolute Gasteiger partial charge is 0.127 e. The molecule has 3 rings (SSSR count). The second kappa shape index (κ2) is 5.06. The van der Waals surface area contributed by atoms with Crippen molar-refractivity contribution in [3.05, 3.63) is 54.6 Å². The van der Waals surface area contributed by atoms with Crippen molar-refractivity contribution in [3.8, 4) is 16.9 Å². The second-order valence-electron chi connectivity index (χ2n) is 5.45. The summed E-state index contributed by atoms with van der Waals surface area (Å²) < 4.78 is 11.3. The summed E-state index contributed by atoms with van der Waals surface area (Å²) >= 11 is 0. The van der Waals surface area contributed by atoms with Crippen LogP contribution in [0.3, 0.4) is 0 Å². The molecule has 2 heteroatoms. The summed E-state index contributed by atoms with van der Waals surface area (Å²) in [6, 6.07) is 18.5. The fourth-order valence-corrected chi connectivity index (χ4v) is 2.23. The van der Waals surface area contributed by atoms with Crippen molar-refractivity contribution < 1.29 is 9.47 Å². The number of rotatable bonds is 4. The Morgan fingerprint density at radius 2 is 1.68 bits per heavy atom. The van der Waals surface area contributed by atoms with Crippen molar-refractivity contribution in [1.29, 1.82) is 0 Å². The Bertz CT molecular complexity index is 544. The average Bonchev–Trinajstić information content (AvgIpc) is 2.44. The molecule has 0 radical (unpaired) electrons. The molecule has 2 nitrogen and oxygen atoms in total. The highest BCUT2D eigenvalue weighted by atomic mass is 16.5. The van der Waals surface area contributed by atoms with Crippen molar-refractivity contribution in [2.75, 3.05) is 19.8 Å². The van der Waals surface area contributed by atoms with E-state index in [1.165, 1.54) is 5.56 Å². The lowest BCUT2D eigenvalue weighted by Crippen LogP contribution is -2.44. The van der Waals surface area contributed by atoms with Crippen molar-refractivity contribution in [2.24, 2.45) is 5.41 Å². The third-order valence-corrected chi connectivity index (χ3v) is 3.45. The summed E-state index contributed by atoms with van der Waals surface area (Å²) in [7, 11) is 0. The van der Waals surface area contributed by atoms with Crippen molar-refractivity contribution in [3.63, 3.8) is 0 Å². The highest BCUT2D eigenvalue weighted by Crippen LogP contribution is 2.32. The monoisotopic (exact) mass is 254 g/mol. The quantitative estimate of drug-likeness (QED) is 0.827. The standard InChI is InChI=1S/C17H18O2/c1-17(11-18-12-17)13-19-16-10-6-5-9-15(16)14-7-3-2-4-8-14/h2-10H,11-13H2,1H3. The van der Waals surface area contributed by atoms with Gasteiger partial charge in [-0.2, -0.15) is 0 Å². The van der Waals surface area contributed by atoms with Gasteiger partial charge in [0.15, 0.2) is 0 Å². The van der Waals surface area contributed by atoms with Gasteiger partial charge in [-0.3, -0.25) is 0 Å². The number of hydrogen-bond donors (Lipinski definition) is 0. The first-order valence-electron chi connectivity index (χ1n) is 6.62. The molecule has 1 heterocycles. The van der Waals surface area contributed by atoms with Gasteiger partial charge in [-0.1, -0.05) is 55.5 Å². The topological polar surface area (TPSA) is 18.5 Å². The molecule has 2 aromatic carbocycles. The van der Waals surface area contributed by atoms with Gasteiger partial charge >= 0.3 is 0 Å². The molecule has 0 bridgehead atoms. The Hall–Kier alpha value is -1.80. The van der Waals surface area contributed by atoms with Crippen LogP contribution in [0, 0.1) is 5.41 Å². The minimum atomic E-state index is 0.170. The molecule has 0 aliphatic carbocycles. The van der Waals surface area contributed by atoms with Crippen molar-refractivity contribution >= 4 is 0 Å². The molecular formula is C17H18O2. The van der Waals surface area contributed by atoms with Crippen LogP contribution in [0.2, 0.25) is 0 Å². The third kappa shape index (κ3) is 2.64. The van der Waals surface area contributed by atoms with E-state index in [9.17, 15) is 0 Å². The largest absolute Gasteiger partial charge is 0.492 e. The maximum atomic E-state index is 6.02. The molecule has 1 aliphatic rings. The molecule has 1 fully saturated rings. The van der Waals surface area contributed by atoms with E-state index in [4.69, 9.17) is 9.47 Å². The zero-order chi connectivity index (χ0) is 13.1. The molecule has 19 heavy (non-hydrogen) atoms. The fourth-order valence-electron chi connectivity index (χ4n) is 2.23. The lowest BCUT2D eigenvalue weighted by atomic mass is 9.90. The Morgan fingerprint density at radius 1 is 1.00 bits per heavy atom. The second-order valence-corrected chi connectivity index (χ2v) is 5.45. The van der Waals surface area contributed by atoms with Crippen LogP contribution in [0.15, 0.2) is 54.6 Å². The average molecular weight is 254 g/mol. The van der Waals surface area contributed by atoms with Gasteiger partial charge in [0.1, 0.15) is 5.75 Å². The van der Waals surface area contributed by atoms with E-state index in [1.54, 1.807) is 0 Å². The molecule has 0 amide bonds. The first-order chi connectivity index (χ1) is 9.27. The van der Waals surface area contributed by atoms with Gasteiger partial charge in [-0.25, -0.2) is 0 Å². The molecule has 2 aromatic rings. The van der Waals surface area contributed by atoms with Crippen LogP contribution >= 0.6 is 0 Å². The van der Waals surface area contributed by atoms with Crippen LogP contribution in [0.1, 0.15) is 6.92 Å². The Kier molecular flexibility index (Phi) is 3.26. The molecular weight excluding hydrogens is 236 g/mol. The summed E-state index contributed by atoms with van der Waals surface area (Å²) in [6.45, 7) is 4.49. The number of ether oxygens (including phenoxy) is 2. The predicted octanol–water partition coefficient (Wildman–Crippen LogP) is 3.77. The van der Waals surface area contributed by atoms with E-state index in [0.29, 0.717) is 6.61 Å². The molecule has 1 aliphatic heterocycles. The Labute approximate surface area is 114 Å². The van der Waals surface area contributed by atoms with Gasteiger partial charge in [-0.05, 0) is 11.6 Å². The Balaban J connectivity index is 1.81. The molecule has 98 valence electrons. The van der Waals surface area contributed by atoms with Gasteiger partial charge in [0, 0.05) is 11.0 Å². The molecule has 0 N–H and O–H groups in total. The van der Waals surface area contributed by atoms with E-state index < -0.39 is 0 Å². The number of benzene rings is 2. The van der Waals surface area contributed by atoms with Crippen LogP contribution in [-0.4, -0.2) is 19.8 Å². The van der Waals surface area contributed by atoms with Gasteiger partial charge in [-0.15, -0.1) is 0 Å². The van der Waals surface area contributed by atoms with E-state index >= 15 is 0 Å². The maximum Gasteiger partial charge on any atom is 0.127 e. The lowest BCUT2D eigenvalue weighted by molar-refractivity contribution is -0.120. The summed E-state index contributed by atoms with van der Waals surface area (Å²) in [6.07, 6.45) is 0. The van der Waals surface area contributed by atoms with E-state index in [2.05, 4.69) is 25.1 Å². The fraction of sp³-hybridized carbons (Fsp3) is 0.294.